The van der Waals surface area contributed by atoms with Gasteiger partial charge < -0.3 is 10.2 Å². The van der Waals surface area contributed by atoms with Crippen LogP contribution in [-0.4, -0.2) is 24.8 Å². The standard InChI is InChI=1S/C21H28N2O2/c24-20-15-5-4-6-16(20)14-17(13-15)21(25)22-18-7-9-19(10-8-18)23-11-2-1-3-12-23/h7-10,15-17H,1-6,11-14H2,(H,22,25)/t15-,16-/m0/s1. The molecule has 4 heteroatoms. The SMILES string of the molecule is O=C(Nc1ccc(N2CCCCC2)cc1)C1C[C@@H]2CCC[C@@H](C1)C2=O. The monoisotopic (exact) mass is 340 g/mol. The number of hydrogen-bond donors (Lipinski definition) is 1. The summed E-state index contributed by atoms with van der Waals surface area (Å²) in [7, 11) is 0. The van der Waals surface area contributed by atoms with Crippen LogP contribution in [0.25, 0.3) is 0 Å². The fraction of sp³-hybridized carbons (Fsp3) is 0.619. The van der Waals surface area contributed by atoms with Crippen LogP contribution in [0.2, 0.25) is 0 Å². The van der Waals surface area contributed by atoms with Crippen molar-refractivity contribution in [3.63, 3.8) is 0 Å². The summed E-state index contributed by atoms with van der Waals surface area (Å²) in [6.07, 6.45) is 8.44. The fourth-order valence-corrected chi connectivity index (χ4v) is 4.85. The van der Waals surface area contributed by atoms with Gasteiger partial charge in [0.25, 0.3) is 0 Å². The molecule has 1 aliphatic heterocycles. The number of amides is 1. The summed E-state index contributed by atoms with van der Waals surface area (Å²) in [5.41, 5.74) is 2.11. The second-order valence-electron chi connectivity index (χ2n) is 7.98. The summed E-state index contributed by atoms with van der Waals surface area (Å²) in [6.45, 7) is 2.26. The van der Waals surface area contributed by atoms with Crippen molar-refractivity contribution in [3.05, 3.63) is 24.3 Å². The van der Waals surface area contributed by atoms with Crippen molar-refractivity contribution in [2.75, 3.05) is 23.3 Å². The minimum atomic E-state index is -0.00484. The Morgan fingerprint density at radius 3 is 2.20 bits per heavy atom. The van der Waals surface area contributed by atoms with Gasteiger partial charge in [0.05, 0.1) is 0 Å². The topological polar surface area (TPSA) is 49.4 Å². The van der Waals surface area contributed by atoms with E-state index in [1.807, 2.05) is 12.1 Å². The molecule has 0 spiro atoms. The Kier molecular flexibility index (Phi) is 4.78. The maximum atomic E-state index is 12.7. The molecule has 3 fully saturated rings. The quantitative estimate of drug-likeness (QED) is 0.904. The molecular weight excluding hydrogens is 312 g/mol. The largest absolute Gasteiger partial charge is 0.372 e. The number of carbonyl (C=O) groups excluding carboxylic acids is 2. The van der Waals surface area contributed by atoms with Crippen molar-refractivity contribution in [1.82, 2.24) is 0 Å². The van der Waals surface area contributed by atoms with Crippen molar-refractivity contribution in [2.45, 2.75) is 51.4 Å². The predicted octanol–water partition coefficient (Wildman–Crippen LogP) is 4.01. The van der Waals surface area contributed by atoms with Gasteiger partial charge in [-0.15, -0.1) is 0 Å². The maximum Gasteiger partial charge on any atom is 0.227 e. The van der Waals surface area contributed by atoms with Crippen molar-refractivity contribution in [2.24, 2.45) is 17.8 Å². The van der Waals surface area contributed by atoms with Crippen molar-refractivity contribution in [1.29, 1.82) is 0 Å². The lowest BCUT2D eigenvalue weighted by Gasteiger charge is -2.37. The first-order chi connectivity index (χ1) is 12.2. The zero-order valence-electron chi connectivity index (χ0n) is 14.9. The Hall–Kier alpha value is -1.84. The van der Waals surface area contributed by atoms with Crippen LogP contribution in [0.1, 0.15) is 51.4 Å². The minimum absolute atomic E-state index is 0.00484. The smallest absolute Gasteiger partial charge is 0.227 e. The molecule has 0 radical (unpaired) electrons. The molecule has 1 saturated heterocycles. The van der Waals surface area contributed by atoms with Gasteiger partial charge in [-0.1, -0.05) is 6.42 Å². The third-order valence-corrected chi connectivity index (χ3v) is 6.27. The van der Waals surface area contributed by atoms with E-state index in [2.05, 4.69) is 22.3 Å². The number of hydrogen-bond acceptors (Lipinski definition) is 3. The molecule has 2 saturated carbocycles. The van der Waals surface area contributed by atoms with Gasteiger partial charge in [0.15, 0.2) is 0 Å². The van der Waals surface area contributed by atoms with E-state index < -0.39 is 0 Å². The second-order valence-corrected chi connectivity index (χ2v) is 7.98. The van der Waals surface area contributed by atoms with Crippen LogP contribution in [0.3, 0.4) is 0 Å². The van der Waals surface area contributed by atoms with Crippen molar-refractivity contribution >= 4 is 23.1 Å². The molecule has 2 aliphatic carbocycles. The normalized spacial score (nSPS) is 29.4. The highest BCUT2D eigenvalue weighted by Crippen LogP contribution is 2.40. The number of anilines is 2. The number of nitrogens with one attached hydrogen (secondary N) is 1. The molecule has 1 aromatic rings. The molecule has 1 amide bonds. The molecule has 25 heavy (non-hydrogen) atoms. The van der Waals surface area contributed by atoms with Crippen LogP contribution < -0.4 is 10.2 Å². The molecule has 1 N–H and O–H groups in total. The van der Waals surface area contributed by atoms with Gasteiger partial charge in [-0.05, 0) is 69.2 Å². The van der Waals surface area contributed by atoms with Gasteiger partial charge in [0.1, 0.15) is 5.78 Å². The highest BCUT2D eigenvalue weighted by atomic mass is 16.2. The van der Waals surface area contributed by atoms with E-state index in [0.717, 1.165) is 50.9 Å². The van der Waals surface area contributed by atoms with Crippen LogP contribution in [0.5, 0.6) is 0 Å². The molecular formula is C21H28N2O2. The predicted molar refractivity (Wildman–Crippen MR) is 99.7 cm³/mol. The minimum Gasteiger partial charge on any atom is -0.372 e. The number of nitrogens with zero attached hydrogens (tertiary/aromatic N) is 1. The summed E-state index contributed by atoms with van der Waals surface area (Å²) >= 11 is 0. The first-order valence-corrected chi connectivity index (χ1v) is 9.90. The number of carbonyl (C=O) groups is 2. The fourth-order valence-electron chi connectivity index (χ4n) is 4.85. The van der Waals surface area contributed by atoms with E-state index in [-0.39, 0.29) is 23.7 Å². The summed E-state index contributed by atoms with van der Waals surface area (Å²) in [5, 5.41) is 3.08. The molecule has 134 valence electrons. The highest BCUT2D eigenvalue weighted by Gasteiger charge is 2.41. The summed E-state index contributed by atoms with van der Waals surface area (Å²) < 4.78 is 0. The number of rotatable bonds is 3. The Labute approximate surface area is 150 Å². The van der Waals surface area contributed by atoms with Crippen LogP contribution in [0.4, 0.5) is 11.4 Å². The third-order valence-electron chi connectivity index (χ3n) is 6.27. The van der Waals surface area contributed by atoms with Gasteiger partial charge in [-0.2, -0.15) is 0 Å². The summed E-state index contributed by atoms with van der Waals surface area (Å²) in [4.78, 5) is 27.3. The van der Waals surface area contributed by atoms with Gasteiger partial charge in [0, 0.05) is 42.2 Å². The number of benzene rings is 1. The number of piperidine rings is 1. The average Bonchev–Trinajstić information content (AvgIpc) is 2.63. The molecule has 4 nitrogen and oxygen atoms in total. The lowest BCUT2D eigenvalue weighted by molar-refractivity contribution is -0.136. The van der Waals surface area contributed by atoms with Crippen LogP contribution in [-0.2, 0) is 9.59 Å². The summed E-state index contributed by atoms with van der Waals surface area (Å²) in [5.74, 6) is 0.764. The van der Waals surface area contributed by atoms with Crippen LogP contribution in [0, 0.1) is 17.8 Å². The lowest BCUT2D eigenvalue weighted by Crippen LogP contribution is -2.40. The van der Waals surface area contributed by atoms with Crippen molar-refractivity contribution < 1.29 is 9.59 Å². The first-order valence-electron chi connectivity index (χ1n) is 9.90. The van der Waals surface area contributed by atoms with Gasteiger partial charge >= 0.3 is 0 Å². The number of Topliss-reactive ketones (excluding diaryl/α,β-unsaturated/α-hetero) is 1. The average molecular weight is 340 g/mol. The van der Waals surface area contributed by atoms with E-state index in [0.29, 0.717) is 5.78 Å². The van der Waals surface area contributed by atoms with E-state index in [9.17, 15) is 9.59 Å². The molecule has 2 bridgehead atoms. The molecule has 3 aliphatic rings. The molecule has 2 atom stereocenters. The number of fused-ring (bicyclic) bond motifs is 2. The molecule has 0 unspecified atom stereocenters. The van der Waals surface area contributed by atoms with Crippen LogP contribution in [0.15, 0.2) is 24.3 Å². The third kappa shape index (κ3) is 3.58. The summed E-state index contributed by atoms with van der Waals surface area (Å²) in [6, 6.07) is 8.24. The Morgan fingerprint density at radius 2 is 1.56 bits per heavy atom. The van der Waals surface area contributed by atoms with E-state index in [4.69, 9.17) is 0 Å². The Balaban J connectivity index is 1.37. The highest BCUT2D eigenvalue weighted by molar-refractivity contribution is 5.95. The molecule has 0 aromatic heterocycles. The lowest BCUT2D eigenvalue weighted by atomic mass is 9.67. The Morgan fingerprint density at radius 1 is 0.920 bits per heavy atom. The van der Waals surface area contributed by atoms with E-state index >= 15 is 0 Å². The molecule has 4 rings (SSSR count). The van der Waals surface area contributed by atoms with E-state index in [1.165, 1.54) is 24.9 Å². The first kappa shape index (κ1) is 16.6. The van der Waals surface area contributed by atoms with Gasteiger partial charge in [0.2, 0.25) is 5.91 Å². The Bertz CT molecular complexity index is 618. The van der Waals surface area contributed by atoms with Gasteiger partial charge in [-0.25, -0.2) is 0 Å². The van der Waals surface area contributed by atoms with Crippen molar-refractivity contribution in [3.8, 4) is 0 Å². The zero-order chi connectivity index (χ0) is 17.2. The molecule has 1 aromatic carbocycles. The van der Waals surface area contributed by atoms with E-state index in [1.54, 1.807) is 0 Å². The zero-order valence-corrected chi connectivity index (χ0v) is 14.9. The van der Waals surface area contributed by atoms with Gasteiger partial charge in [-0.3, -0.25) is 9.59 Å². The second kappa shape index (κ2) is 7.19. The van der Waals surface area contributed by atoms with Crippen LogP contribution >= 0.6 is 0 Å². The molecule has 1 heterocycles. The maximum absolute atomic E-state index is 12.7. The number of ketones is 1.